The summed E-state index contributed by atoms with van der Waals surface area (Å²) in [6, 6.07) is 3.32. The van der Waals surface area contributed by atoms with Gasteiger partial charge in [0.05, 0.1) is 12.1 Å². The van der Waals surface area contributed by atoms with E-state index >= 15 is 0 Å². The smallest absolute Gasteiger partial charge is 0.197 e. The maximum Gasteiger partial charge on any atom is 0.197 e. The first-order valence-electron chi connectivity index (χ1n) is 6.32. The molecule has 0 amide bonds. The Morgan fingerprint density at radius 2 is 2.25 bits per heavy atom. The molecule has 3 nitrogen and oxygen atoms in total. The highest BCUT2D eigenvalue weighted by Gasteiger charge is 2.15. The molecule has 0 aromatic heterocycles. The highest BCUT2D eigenvalue weighted by atomic mass is 32.1. The summed E-state index contributed by atoms with van der Waals surface area (Å²) in [6.45, 7) is 2.80. The van der Waals surface area contributed by atoms with Gasteiger partial charge in [0.2, 0.25) is 0 Å². The molecule has 0 saturated carbocycles. The Kier molecular flexibility index (Phi) is 6.82. The number of terminal acetylenes is 1. The van der Waals surface area contributed by atoms with E-state index in [0.29, 0.717) is 24.2 Å². The van der Waals surface area contributed by atoms with Gasteiger partial charge in [-0.05, 0) is 25.0 Å². The summed E-state index contributed by atoms with van der Waals surface area (Å²) in [7, 11) is 1.40. The minimum Gasteiger partial charge on any atom is -0.490 e. The third-order valence-electron chi connectivity index (χ3n) is 2.65. The predicted molar refractivity (Wildman–Crippen MR) is 81.9 cm³/mol. The number of hydrogen-bond donors (Lipinski definition) is 1. The van der Waals surface area contributed by atoms with Gasteiger partial charge in [-0.1, -0.05) is 24.2 Å². The Labute approximate surface area is 124 Å². The van der Waals surface area contributed by atoms with Gasteiger partial charge in [0.25, 0.3) is 0 Å². The lowest BCUT2D eigenvalue weighted by molar-refractivity contribution is 0.317. The molecular formula is C15H18FNO2S. The molecule has 0 saturated heterocycles. The molecule has 0 atom stereocenters. The van der Waals surface area contributed by atoms with Crippen molar-refractivity contribution in [3.05, 3.63) is 23.5 Å². The average molecular weight is 295 g/mol. The van der Waals surface area contributed by atoms with E-state index in [2.05, 4.69) is 11.2 Å². The molecule has 0 aliphatic carbocycles. The summed E-state index contributed by atoms with van der Waals surface area (Å²) in [4.78, 5) is 0.721. The lowest BCUT2D eigenvalue weighted by Gasteiger charge is -2.13. The van der Waals surface area contributed by atoms with Gasteiger partial charge < -0.3 is 14.8 Å². The minimum atomic E-state index is -0.429. The van der Waals surface area contributed by atoms with E-state index in [4.69, 9.17) is 28.1 Å². The third-order valence-corrected chi connectivity index (χ3v) is 3.00. The van der Waals surface area contributed by atoms with E-state index in [1.165, 1.54) is 7.11 Å². The summed E-state index contributed by atoms with van der Waals surface area (Å²) in [5.41, 5.74) is 0.537. The van der Waals surface area contributed by atoms with Gasteiger partial charge in [-0.3, -0.25) is 0 Å². The second kappa shape index (κ2) is 8.39. The Balaban J connectivity index is 2.84. The van der Waals surface area contributed by atoms with Crippen LogP contribution in [-0.2, 0) is 6.42 Å². The molecule has 1 aromatic carbocycles. The quantitative estimate of drug-likeness (QED) is 0.619. The maximum atomic E-state index is 14.3. The van der Waals surface area contributed by atoms with E-state index in [-0.39, 0.29) is 12.4 Å². The lowest BCUT2D eigenvalue weighted by Crippen LogP contribution is -2.21. The Morgan fingerprint density at radius 1 is 1.50 bits per heavy atom. The number of rotatable bonds is 7. The van der Waals surface area contributed by atoms with Crippen LogP contribution in [0.25, 0.3) is 0 Å². The standard InChI is InChI=1S/C15H18FNO2S/c1-4-10-19-12-8-6-11(14(16)15(12)18-3)7-9-13(20)17-5-2/h1,6,8H,5,7,9-10H2,2-3H3,(H,17,20). The lowest BCUT2D eigenvalue weighted by atomic mass is 10.1. The zero-order chi connectivity index (χ0) is 15.0. The maximum absolute atomic E-state index is 14.3. The normalized spacial score (nSPS) is 9.70. The van der Waals surface area contributed by atoms with Crippen molar-refractivity contribution < 1.29 is 13.9 Å². The number of methoxy groups -OCH3 is 1. The molecule has 1 rings (SSSR count). The van der Waals surface area contributed by atoms with E-state index < -0.39 is 5.82 Å². The van der Waals surface area contributed by atoms with Gasteiger partial charge in [-0.25, -0.2) is 4.39 Å². The van der Waals surface area contributed by atoms with E-state index in [9.17, 15) is 4.39 Å². The molecule has 0 radical (unpaired) electrons. The van der Waals surface area contributed by atoms with Crippen LogP contribution in [0.15, 0.2) is 12.1 Å². The Hall–Kier alpha value is -1.80. The minimum absolute atomic E-state index is 0.0691. The van der Waals surface area contributed by atoms with Crippen molar-refractivity contribution in [1.29, 1.82) is 0 Å². The highest BCUT2D eigenvalue weighted by Crippen LogP contribution is 2.32. The molecule has 0 fully saturated rings. The van der Waals surface area contributed by atoms with Crippen LogP contribution in [0.2, 0.25) is 0 Å². The molecule has 0 unspecified atom stereocenters. The number of halogens is 1. The highest BCUT2D eigenvalue weighted by molar-refractivity contribution is 7.80. The molecule has 1 aromatic rings. The fourth-order valence-corrected chi connectivity index (χ4v) is 1.98. The molecule has 20 heavy (non-hydrogen) atoms. The van der Waals surface area contributed by atoms with Crippen LogP contribution in [0.1, 0.15) is 18.9 Å². The molecule has 0 heterocycles. The van der Waals surface area contributed by atoms with Crippen molar-refractivity contribution >= 4 is 17.2 Å². The van der Waals surface area contributed by atoms with Crippen molar-refractivity contribution in [2.75, 3.05) is 20.3 Å². The number of ether oxygens (including phenoxy) is 2. The molecule has 5 heteroatoms. The first-order valence-corrected chi connectivity index (χ1v) is 6.73. The molecule has 1 N–H and O–H groups in total. The summed E-state index contributed by atoms with van der Waals surface area (Å²) in [5.74, 6) is 2.28. The van der Waals surface area contributed by atoms with Crippen LogP contribution >= 0.6 is 12.2 Å². The van der Waals surface area contributed by atoms with Gasteiger partial charge >= 0.3 is 0 Å². The molecule has 108 valence electrons. The summed E-state index contributed by atoms with van der Waals surface area (Å²) < 4.78 is 24.6. The van der Waals surface area contributed by atoms with Gasteiger partial charge in [0.1, 0.15) is 6.61 Å². The first kappa shape index (κ1) is 16.3. The van der Waals surface area contributed by atoms with Crippen molar-refractivity contribution in [2.24, 2.45) is 0 Å². The Morgan fingerprint density at radius 3 is 2.85 bits per heavy atom. The van der Waals surface area contributed by atoms with Gasteiger partial charge in [-0.2, -0.15) is 0 Å². The topological polar surface area (TPSA) is 30.5 Å². The molecule has 0 aliphatic rings. The van der Waals surface area contributed by atoms with Crippen molar-refractivity contribution in [2.45, 2.75) is 19.8 Å². The van der Waals surface area contributed by atoms with E-state index in [1.54, 1.807) is 12.1 Å². The van der Waals surface area contributed by atoms with E-state index in [1.807, 2.05) is 6.92 Å². The number of thiocarbonyl (C=S) groups is 1. The molecular weight excluding hydrogens is 277 g/mol. The monoisotopic (exact) mass is 295 g/mol. The zero-order valence-electron chi connectivity index (χ0n) is 11.7. The van der Waals surface area contributed by atoms with Crippen LogP contribution in [0.4, 0.5) is 4.39 Å². The largest absolute Gasteiger partial charge is 0.490 e. The second-order valence-electron chi connectivity index (χ2n) is 4.02. The number of hydrogen-bond acceptors (Lipinski definition) is 3. The van der Waals surface area contributed by atoms with Crippen molar-refractivity contribution in [3.8, 4) is 23.8 Å². The average Bonchev–Trinajstić information content (AvgIpc) is 2.44. The van der Waals surface area contributed by atoms with Crippen LogP contribution in [0.5, 0.6) is 11.5 Å². The predicted octanol–water partition coefficient (Wildman–Crippen LogP) is 2.72. The first-order chi connectivity index (χ1) is 9.63. The van der Waals surface area contributed by atoms with E-state index in [0.717, 1.165) is 11.5 Å². The number of nitrogens with one attached hydrogen (secondary N) is 1. The molecule has 0 aliphatic heterocycles. The van der Waals surface area contributed by atoms with Gasteiger partial charge in [0, 0.05) is 13.0 Å². The van der Waals surface area contributed by atoms with Crippen LogP contribution < -0.4 is 14.8 Å². The summed E-state index contributed by atoms with van der Waals surface area (Å²) in [6.07, 6.45) is 6.21. The van der Waals surface area contributed by atoms with Gasteiger partial charge in [0.15, 0.2) is 17.3 Å². The number of aryl methyl sites for hydroxylation is 1. The number of benzene rings is 1. The molecule has 0 bridgehead atoms. The SMILES string of the molecule is C#CCOc1ccc(CCC(=S)NCC)c(F)c1OC. The Bertz CT molecular complexity index is 511. The van der Waals surface area contributed by atoms with Crippen LogP contribution in [0.3, 0.4) is 0 Å². The second-order valence-corrected chi connectivity index (χ2v) is 4.51. The fraction of sp³-hybridized carbons (Fsp3) is 0.400. The summed E-state index contributed by atoms with van der Waals surface area (Å²) in [5, 5.41) is 3.03. The van der Waals surface area contributed by atoms with Crippen LogP contribution in [0, 0.1) is 18.2 Å². The van der Waals surface area contributed by atoms with Gasteiger partial charge in [-0.15, -0.1) is 6.42 Å². The molecule has 0 spiro atoms. The zero-order valence-corrected chi connectivity index (χ0v) is 12.5. The third kappa shape index (κ3) is 4.39. The fourth-order valence-electron chi connectivity index (χ4n) is 1.73. The van der Waals surface area contributed by atoms with Crippen molar-refractivity contribution in [3.63, 3.8) is 0 Å². The summed E-state index contributed by atoms with van der Waals surface area (Å²) >= 11 is 5.13. The van der Waals surface area contributed by atoms with Crippen LogP contribution in [-0.4, -0.2) is 25.2 Å². The van der Waals surface area contributed by atoms with Crippen molar-refractivity contribution in [1.82, 2.24) is 5.32 Å².